The van der Waals surface area contributed by atoms with E-state index in [0.29, 0.717) is 6.61 Å². The van der Waals surface area contributed by atoms with Gasteiger partial charge in [0.05, 0.1) is 12.6 Å². The first-order valence-corrected chi connectivity index (χ1v) is 8.50. The highest BCUT2D eigenvalue weighted by Gasteiger charge is 2.22. The minimum atomic E-state index is -0.397. The summed E-state index contributed by atoms with van der Waals surface area (Å²) in [4.78, 5) is 16.0. The maximum atomic E-state index is 11.8. The first-order valence-electron chi connectivity index (χ1n) is 7.71. The van der Waals surface area contributed by atoms with E-state index in [-0.39, 0.29) is 5.91 Å². The summed E-state index contributed by atoms with van der Waals surface area (Å²) in [6, 6.07) is 7.48. The van der Waals surface area contributed by atoms with Gasteiger partial charge in [-0.3, -0.25) is 9.69 Å². The van der Waals surface area contributed by atoms with Gasteiger partial charge in [0.15, 0.2) is 0 Å². The fraction of sp³-hybridized carbons (Fsp3) is 0.562. The average Bonchev–Trinajstić information content (AvgIpc) is 2.53. The number of amides is 1. The molecule has 0 radical (unpaired) electrons. The highest BCUT2D eigenvalue weighted by atomic mass is 79.9. The molecule has 1 amide bonds. The zero-order valence-electron chi connectivity index (χ0n) is 13.0. The van der Waals surface area contributed by atoms with Crippen LogP contribution >= 0.6 is 15.9 Å². The van der Waals surface area contributed by atoms with Crippen LogP contribution < -0.4 is 10.5 Å². The minimum absolute atomic E-state index is 0.0539. The third-order valence-electron chi connectivity index (χ3n) is 3.77. The summed E-state index contributed by atoms with van der Waals surface area (Å²) in [5.74, 6) is 0.953. The van der Waals surface area contributed by atoms with E-state index in [2.05, 4.69) is 20.8 Å². The van der Waals surface area contributed by atoms with Crippen molar-refractivity contribution in [3.05, 3.63) is 28.7 Å². The molecule has 1 aromatic carbocycles. The molecule has 2 rings (SSSR count). The molecule has 122 valence electrons. The van der Waals surface area contributed by atoms with Crippen LogP contribution in [0.25, 0.3) is 0 Å². The zero-order valence-corrected chi connectivity index (χ0v) is 14.6. The Hall–Kier alpha value is -1.11. The van der Waals surface area contributed by atoms with Crippen LogP contribution in [0.3, 0.4) is 0 Å². The van der Waals surface area contributed by atoms with Gasteiger partial charge in [0.2, 0.25) is 5.91 Å². The monoisotopic (exact) mass is 369 g/mol. The van der Waals surface area contributed by atoms with Gasteiger partial charge in [-0.05, 0) is 37.6 Å². The van der Waals surface area contributed by atoms with Crippen LogP contribution in [-0.4, -0.2) is 61.1 Å². The smallest absolute Gasteiger partial charge is 0.239 e. The third-order valence-corrected chi connectivity index (χ3v) is 4.30. The molecular weight excluding hydrogens is 346 g/mol. The quantitative estimate of drug-likeness (QED) is 0.775. The van der Waals surface area contributed by atoms with Gasteiger partial charge >= 0.3 is 0 Å². The topological polar surface area (TPSA) is 58.8 Å². The van der Waals surface area contributed by atoms with E-state index < -0.39 is 6.04 Å². The molecule has 5 nitrogen and oxygen atoms in total. The Morgan fingerprint density at radius 2 is 1.91 bits per heavy atom. The van der Waals surface area contributed by atoms with Crippen LogP contribution in [0.4, 0.5) is 0 Å². The number of halogens is 1. The van der Waals surface area contributed by atoms with Crippen molar-refractivity contribution in [2.45, 2.75) is 19.4 Å². The number of ether oxygens (including phenoxy) is 1. The molecule has 1 saturated heterocycles. The lowest BCUT2D eigenvalue weighted by atomic mass is 10.2. The first kappa shape index (κ1) is 17.2. The molecule has 1 heterocycles. The molecular formula is C16H24BrN3O2. The van der Waals surface area contributed by atoms with Gasteiger partial charge in [0.1, 0.15) is 5.75 Å². The molecule has 1 fully saturated rings. The Morgan fingerprint density at radius 3 is 2.50 bits per heavy atom. The number of benzene rings is 1. The Kier molecular flexibility index (Phi) is 6.67. The maximum Gasteiger partial charge on any atom is 0.239 e. The molecule has 1 aliphatic heterocycles. The minimum Gasteiger partial charge on any atom is -0.494 e. The van der Waals surface area contributed by atoms with E-state index in [4.69, 9.17) is 10.5 Å². The van der Waals surface area contributed by atoms with E-state index >= 15 is 0 Å². The summed E-state index contributed by atoms with van der Waals surface area (Å²) in [5, 5.41) is 0. The van der Waals surface area contributed by atoms with Crippen LogP contribution in [0, 0.1) is 0 Å². The van der Waals surface area contributed by atoms with Crippen LogP contribution in [0.2, 0.25) is 0 Å². The predicted octanol–water partition coefficient (Wildman–Crippen LogP) is 1.71. The molecule has 0 saturated carbocycles. The summed E-state index contributed by atoms with van der Waals surface area (Å²) < 4.78 is 6.77. The highest BCUT2D eigenvalue weighted by Crippen LogP contribution is 2.16. The van der Waals surface area contributed by atoms with Crippen molar-refractivity contribution in [2.75, 3.05) is 39.3 Å². The van der Waals surface area contributed by atoms with E-state index in [9.17, 15) is 4.79 Å². The number of rotatable bonds is 6. The first-order chi connectivity index (χ1) is 10.6. The number of carbonyl (C=O) groups is 1. The molecule has 0 unspecified atom stereocenters. The molecule has 0 aliphatic carbocycles. The van der Waals surface area contributed by atoms with Gasteiger partial charge in [-0.1, -0.05) is 15.9 Å². The number of nitrogens with zero attached hydrogens (tertiary/aromatic N) is 2. The highest BCUT2D eigenvalue weighted by molar-refractivity contribution is 9.10. The second-order valence-corrected chi connectivity index (χ2v) is 6.53. The van der Waals surface area contributed by atoms with Crippen molar-refractivity contribution in [3.8, 4) is 5.75 Å². The van der Waals surface area contributed by atoms with Crippen molar-refractivity contribution in [3.63, 3.8) is 0 Å². The van der Waals surface area contributed by atoms with Gasteiger partial charge in [0.25, 0.3) is 0 Å². The van der Waals surface area contributed by atoms with Crippen molar-refractivity contribution in [1.82, 2.24) is 9.80 Å². The molecule has 1 aromatic rings. The van der Waals surface area contributed by atoms with Crippen molar-refractivity contribution < 1.29 is 9.53 Å². The Balaban J connectivity index is 1.61. The van der Waals surface area contributed by atoms with Gasteiger partial charge in [-0.2, -0.15) is 0 Å². The number of piperazine rings is 1. The van der Waals surface area contributed by atoms with Crippen LogP contribution in [0.1, 0.15) is 13.3 Å². The van der Waals surface area contributed by atoms with Crippen molar-refractivity contribution in [2.24, 2.45) is 5.73 Å². The summed E-state index contributed by atoms with van der Waals surface area (Å²) in [7, 11) is 0. The molecule has 1 aliphatic rings. The predicted molar refractivity (Wildman–Crippen MR) is 90.9 cm³/mol. The number of carbonyl (C=O) groups excluding carboxylic acids is 1. The molecule has 6 heteroatoms. The SMILES string of the molecule is C[C@H](N)C(=O)N1CCN(CCCOc2ccc(Br)cc2)CC1. The number of hydrogen-bond acceptors (Lipinski definition) is 4. The lowest BCUT2D eigenvalue weighted by Gasteiger charge is -2.35. The summed E-state index contributed by atoms with van der Waals surface area (Å²) in [5.41, 5.74) is 5.64. The molecule has 0 bridgehead atoms. The van der Waals surface area contributed by atoms with Crippen LogP contribution in [-0.2, 0) is 4.79 Å². The second-order valence-electron chi connectivity index (χ2n) is 5.61. The van der Waals surface area contributed by atoms with E-state index in [0.717, 1.165) is 49.4 Å². The van der Waals surface area contributed by atoms with E-state index in [1.54, 1.807) is 6.92 Å². The second kappa shape index (κ2) is 8.50. The Labute approximate surface area is 140 Å². The van der Waals surface area contributed by atoms with Gasteiger partial charge < -0.3 is 15.4 Å². The van der Waals surface area contributed by atoms with Crippen LogP contribution in [0.5, 0.6) is 5.75 Å². The number of nitrogens with two attached hydrogens (primary N) is 1. The lowest BCUT2D eigenvalue weighted by Crippen LogP contribution is -2.52. The largest absolute Gasteiger partial charge is 0.494 e. The normalized spacial score (nSPS) is 17.3. The molecule has 0 spiro atoms. The van der Waals surface area contributed by atoms with Crippen molar-refractivity contribution >= 4 is 21.8 Å². The third kappa shape index (κ3) is 5.26. The molecule has 2 N–H and O–H groups in total. The van der Waals surface area contributed by atoms with E-state index in [1.165, 1.54) is 0 Å². The fourth-order valence-corrected chi connectivity index (χ4v) is 2.75. The molecule has 0 aromatic heterocycles. The zero-order chi connectivity index (χ0) is 15.9. The summed E-state index contributed by atoms with van der Waals surface area (Å²) in [6.07, 6.45) is 0.983. The van der Waals surface area contributed by atoms with Gasteiger partial charge in [-0.25, -0.2) is 0 Å². The van der Waals surface area contributed by atoms with Crippen LogP contribution in [0.15, 0.2) is 28.7 Å². The van der Waals surface area contributed by atoms with E-state index in [1.807, 2.05) is 29.2 Å². The van der Waals surface area contributed by atoms with Gasteiger partial charge in [0, 0.05) is 37.2 Å². The number of hydrogen-bond donors (Lipinski definition) is 1. The summed E-state index contributed by atoms with van der Waals surface area (Å²) in [6.45, 7) is 6.82. The van der Waals surface area contributed by atoms with Crippen molar-refractivity contribution in [1.29, 1.82) is 0 Å². The molecule has 22 heavy (non-hydrogen) atoms. The van der Waals surface area contributed by atoms with Gasteiger partial charge in [-0.15, -0.1) is 0 Å². The summed E-state index contributed by atoms with van der Waals surface area (Å²) >= 11 is 3.41. The fourth-order valence-electron chi connectivity index (χ4n) is 2.49. The Morgan fingerprint density at radius 1 is 1.27 bits per heavy atom. The standard InChI is InChI=1S/C16H24BrN3O2/c1-13(18)16(21)20-10-8-19(9-11-20)7-2-12-22-15-5-3-14(17)4-6-15/h3-6,13H,2,7-12,18H2,1H3/t13-/m0/s1. The Bertz CT molecular complexity index is 471. The lowest BCUT2D eigenvalue weighted by molar-refractivity contribution is -0.133. The average molecular weight is 370 g/mol. The maximum absolute atomic E-state index is 11.8. The molecule has 1 atom stereocenters.